The number of halogens is 1. The summed E-state index contributed by atoms with van der Waals surface area (Å²) in [4.78, 5) is 3.97. The van der Waals surface area contributed by atoms with Gasteiger partial charge in [0.05, 0.1) is 11.4 Å². The van der Waals surface area contributed by atoms with E-state index < -0.39 is 10.3 Å². The van der Waals surface area contributed by atoms with Crippen LogP contribution in [0, 0.1) is 0 Å². The third-order valence-corrected chi connectivity index (χ3v) is 1.95. The number of hydrogen-bond acceptors (Lipinski definition) is 3. The highest BCUT2D eigenvalue weighted by atomic mass is 35.5. The van der Waals surface area contributed by atoms with Crippen LogP contribution in [0.25, 0.3) is 0 Å². The second-order valence-electron chi connectivity index (χ2n) is 1.67. The lowest BCUT2D eigenvalue weighted by Gasteiger charge is -1.96. The van der Waals surface area contributed by atoms with Crippen LogP contribution in [0.3, 0.4) is 0 Å². The molecule has 0 aromatic rings. The molecule has 0 N–H and O–H groups in total. The van der Waals surface area contributed by atoms with Gasteiger partial charge in [0.2, 0.25) is 10.3 Å². The maximum Gasteiger partial charge on any atom is 0.219 e. The van der Waals surface area contributed by atoms with E-state index >= 15 is 0 Å². The molecular formula is C5H4ClNO2S. The van der Waals surface area contributed by atoms with Crippen LogP contribution in [0.1, 0.15) is 0 Å². The van der Waals surface area contributed by atoms with Crippen molar-refractivity contribution in [1.29, 1.82) is 0 Å². The lowest BCUT2D eigenvalue weighted by atomic mass is 10.3. The first kappa shape index (κ1) is 7.50. The number of allylic oxidation sites excluding steroid dienone is 1. The van der Waals surface area contributed by atoms with Crippen LogP contribution in [0.15, 0.2) is 17.1 Å². The number of dihydropyridines is 1. The monoisotopic (exact) mass is 177 g/mol. The molecule has 0 aromatic carbocycles. The number of hydrogen-bond donors (Lipinski definition) is 0. The van der Waals surface area contributed by atoms with Gasteiger partial charge in [-0.1, -0.05) is 11.6 Å². The van der Waals surface area contributed by atoms with Gasteiger partial charge in [-0.05, 0) is 12.2 Å². The summed E-state index contributed by atoms with van der Waals surface area (Å²) >= 11 is 5.44. The SMILES string of the molecule is O=S(=O)=C1C=CC(Cl)=NC1. The lowest BCUT2D eigenvalue weighted by molar-refractivity contribution is 0.627. The molecule has 0 aliphatic carbocycles. The molecule has 0 amide bonds. The zero-order valence-corrected chi connectivity index (χ0v) is 6.48. The van der Waals surface area contributed by atoms with E-state index in [-0.39, 0.29) is 11.4 Å². The predicted octanol–water partition coefficient (Wildman–Crippen LogP) is 0.245. The summed E-state index contributed by atoms with van der Waals surface area (Å²) in [6.45, 7) is 0.158. The highest BCUT2D eigenvalue weighted by molar-refractivity contribution is 7.73. The molecule has 0 unspecified atom stereocenters. The van der Waals surface area contributed by atoms with Crippen LogP contribution in [0.2, 0.25) is 0 Å². The van der Waals surface area contributed by atoms with E-state index in [9.17, 15) is 8.42 Å². The van der Waals surface area contributed by atoms with Crippen LogP contribution in [0.4, 0.5) is 0 Å². The Labute approximate surface area is 64.6 Å². The van der Waals surface area contributed by atoms with Gasteiger partial charge in [-0.15, -0.1) is 0 Å². The third-order valence-electron chi connectivity index (χ3n) is 1.01. The minimum Gasteiger partial charge on any atom is -0.267 e. The molecule has 0 bridgehead atoms. The quantitative estimate of drug-likeness (QED) is 0.498. The normalized spacial score (nSPS) is 16.9. The van der Waals surface area contributed by atoms with Gasteiger partial charge in [-0.2, -0.15) is 8.42 Å². The molecule has 1 aliphatic heterocycles. The second-order valence-corrected chi connectivity index (χ2v) is 3.05. The van der Waals surface area contributed by atoms with Crippen molar-refractivity contribution in [2.24, 2.45) is 4.99 Å². The Morgan fingerprint density at radius 2 is 2.20 bits per heavy atom. The minimum absolute atomic E-state index is 0.158. The van der Waals surface area contributed by atoms with Crippen LogP contribution in [-0.2, 0) is 10.3 Å². The zero-order chi connectivity index (χ0) is 7.56. The minimum atomic E-state index is -2.15. The molecule has 10 heavy (non-hydrogen) atoms. The smallest absolute Gasteiger partial charge is 0.219 e. The first-order valence-corrected chi connectivity index (χ1v) is 3.98. The van der Waals surface area contributed by atoms with E-state index in [1.165, 1.54) is 12.2 Å². The summed E-state index contributed by atoms with van der Waals surface area (Å²) in [5.41, 5.74) is 0. The Morgan fingerprint density at radius 1 is 1.50 bits per heavy atom. The molecule has 0 atom stereocenters. The van der Waals surface area contributed by atoms with Crippen molar-refractivity contribution in [3.8, 4) is 0 Å². The van der Waals surface area contributed by atoms with E-state index in [4.69, 9.17) is 11.6 Å². The molecule has 0 aromatic heterocycles. The maximum atomic E-state index is 10.3. The summed E-state index contributed by atoms with van der Waals surface area (Å²) in [6, 6.07) is 0. The summed E-state index contributed by atoms with van der Waals surface area (Å²) in [5, 5.41) is 0.342. The van der Waals surface area contributed by atoms with Crippen molar-refractivity contribution in [2.45, 2.75) is 0 Å². The Hall–Kier alpha value is -0.610. The van der Waals surface area contributed by atoms with E-state index in [0.29, 0.717) is 5.17 Å². The van der Waals surface area contributed by atoms with Crippen molar-refractivity contribution in [1.82, 2.24) is 0 Å². The molecule has 0 saturated heterocycles. The van der Waals surface area contributed by atoms with E-state index in [1.807, 2.05) is 0 Å². The van der Waals surface area contributed by atoms with Gasteiger partial charge in [-0.25, -0.2) is 0 Å². The standard InChI is InChI=1S/C5H4ClNO2S/c6-5-2-1-4(3-7-5)10(8)9/h1-2H,3H2. The van der Waals surface area contributed by atoms with Crippen LogP contribution in [-0.4, -0.2) is 25.0 Å². The van der Waals surface area contributed by atoms with Gasteiger partial charge < -0.3 is 0 Å². The summed E-state index contributed by atoms with van der Waals surface area (Å²) < 4.78 is 20.5. The summed E-state index contributed by atoms with van der Waals surface area (Å²) in [7, 11) is -2.15. The van der Waals surface area contributed by atoms with E-state index in [1.54, 1.807) is 0 Å². The molecule has 54 valence electrons. The van der Waals surface area contributed by atoms with Crippen LogP contribution >= 0.6 is 11.6 Å². The first-order valence-electron chi connectivity index (χ1n) is 2.53. The average molecular weight is 178 g/mol. The molecule has 0 fully saturated rings. The number of aliphatic imine (C=N–C) groups is 1. The van der Waals surface area contributed by atoms with Crippen molar-refractivity contribution < 1.29 is 8.42 Å². The Kier molecular flexibility index (Phi) is 2.24. The van der Waals surface area contributed by atoms with Gasteiger partial charge in [0.15, 0.2) is 0 Å². The number of rotatable bonds is 0. The Balaban J connectivity index is 3.01. The fourth-order valence-corrected chi connectivity index (χ4v) is 1.00. The second kappa shape index (κ2) is 2.98. The molecule has 1 heterocycles. The Bertz CT molecular complexity index is 318. The summed E-state index contributed by atoms with van der Waals surface area (Å²) in [5.74, 6) is 0. The molecule has 0 saturated carbocycles. The average Bonchev–Trinajstić information content (AvgIpc) is 1.88. The van der Waals surface area contributed by atoms with Gasteiger partial charge in [0, 0.05) is 0 Å². The fourth-order valence-electron chi connectivity index (χ4n) is 0.529. The Morgan fingerprint density at radius 3 is 2.60 bits per heavy atom. The lowest BCUT2D eigenvalue weighted by Crippen LogP contribution is -2.06. The molecule has 3 nitrogen and oxygen atoms in total. The number of nitrogens with zero attached hydrogens (tertiary/aromatic N) is 1. The van der Waals surface area contributed by atoms with Crippen molar-refractivity contribution in [3.63, 3.8) is 0 Å². The van der Waals surface area contributed by atoms with Crippen LogP contribution in [0.5, 0.6) is 0 Å². The van der Waals surface area contributed by atoms with Gasteiger partial charge >= 0.3 is 0 Å². The fraction of sp³-hybridized carbons (Fsp3) is 0.200. The molecule has 0 radical (unpaired) electrons. The molecule has 5 heteroatoms. The topological polar surface area (TPSA) is 46.5 Å². The van der Waals surface area contributed by atoms with Gasteiger partial charge in [0.25, 0.3) is 0 Å². The largest absolute Gasteiger partial charge is 0.267 e. The van der Waals surface area contributed by atoms with Gasteiger partial charge in [-0.3, -0.25) is 4.99 Å². The van der Waals surface area contributed by atoms with Crippen LogP contribution < -0.4 is 0 Å². The molecule has 0 spiro atoms. The third kappa shape index (κ3) is 1.68. The summed E-state index contributed by atoms with van der Waals surface area (Å²) in [6.07, 6.45) is 2.90. The van der Waals surface area contributed by atoms with Crippen molar-refractivity contribution in [3.05, 3.63) is 12.2 Å². The molecule has 1 rings (SSSR count). The predicted molar refractivity (Wildman–Crippen MR) is 41.2 cm³/mol. The van der Waals surface area contributed by atoms with E-state index in [2.05, 4.69) is 4.99 Å². The zero-order valence-electron chi connectivity index (χ0n) is 4.91. The first-order chi connectivity index (χ1) is 4.70. The molecule has 1 aliphatic rings. The van der Waals surface area contributed by atoms with Crippen molar-refractivity contribution in [2.75, 3.05) is 6.54 Å². The van der Waals surface area contributed by atoms with Gasteiger partial charge in [0.1, 0.15) is 5.17 Å². The highest BCUT2D eigenvalue weighted by Crippen LogP contribution is 1.96. The maximum absolute atomic E-state index is 10.3. The molecular weight excluding hydrogens is 174 g/mol. The highest BCUT2D eigenvalue weighted by Gasteiger charge is 2.01. The van der Waals surface area contributed by atoms with E-state index in [0.717, 1.165) is 0 Å². The van der Waals surface area contributed by atoms with Crippen molar-refractivity contribution >= 4 is 31.9 Å².